The number of esters is 1. The van der Waals surface area contributed by atoms with Crippen molar-refractivity contribution in [2.45, 2.75) is 13.8 Å². The van der Waals surface area contributed by atoms with Gasteiger partial charge in [-0.1, -0.05) is 36.9 Å². The first kappa shape index (κ1) is 20.0. The van der Waals surface area contributed by atoms with Gasteiger partial charge in [0.05, 0.1) is 0 Å². The van der Waals surface area contributed by atoms with Crippen LogP contribution in [0, 0.1) is 12.7 Å². The van der Waals surface area contributed by atoms with E-state index in [-0.39, 0.29) is 11.3 Å². The first-order valence-corrected chi connectivity index (χ1v) is 8.88. The zero-order valence-electron chi connectivity index (χ0n) is 16.1. The van der Waals surface area contributed by atoms with Crippen molar-refractivity contribution < 1.29 is 23.5 Å². The van der Waals surface area contributed by atoms with Crippen molar-refractivity contribution in [3.05, 3.63) is 84.2 Å². The zero-order chi connectivity index (χ0) is 21.0. The fraction of sp³-hybridized carbons (Fsp3) is 0.0833. The van der Waals surface area contributed by atoms with Gasteiger partial charge in [-0.05, 0) is 60.4 Å². The third kappa shape index (κ3) is 4.58. The maximum atomic E-state index is 14.5. The molecule has 0 saturated carbocycles. The second-order valence-electron chi connectivity index (χ2n) is 6.58. The van der Waals surface area contributed by atoms with Gasteiger partial charge in [0.2, 0.25) is 0 Å². The number of hydrogen-bond acceptors (Lipinski definition) is 4. The molecule has 0 aliphatic carbocycles. The Labute approximate surface area is 168 Å². The number of benzene rings is 3. The molecular formula is C24H19FO4. The van der Waals surface area contributed by atoms with E-state index in [1.54, 1.807) is 24.3 Å². The predicted molar refractivity (Wildman–Crippen MR) is 109 cm³/mol. The molecule has 5 heteroatoms. The van der Waals surface area contributed by atoms with Crippen LogP contribution >= 0.6 is 0 Å². The standard InChI is InChI=1S/C24H19FO4/c1-15(2)24(27)29-20-9-11-22(23(25)13-20)18-6-4-17(5-7-18)21-10-8-19(28-14-26)12-16(21)3/h4-14H,1H2,2-3H3. The van der Waals surface area contributed by atoms with Gasteiger partial charge in [-0.25, -0.2) is 9.18 Å². The fourth-order valence-corrected chi connectivity index (χ4v) is 2.91. The Morgan fingerprint density at radius 2 is 1.52 bits per heavy atom. The number of carbonyl (C=O) groups excluding carboxylic acids is 2. The first-order valence-electron chi connectivity index (χ1n) is 8.88. The zero-order valence-corrected chi connectivity index (χ0v) is 16.1. The fourth-order valence-electron chi connectivity index (χ4n) is 2.91. The lowest BCUT2D eigenvalue weighted by molar-refractivity contribution is -0.130. The van der Waals surface area contributed by atoms with Gasteiger partial charge in [0.15, 0.2) is 0 Å². The number of aryl methyl sites for hydroxylation is 1. The molecule has 146 valence electrons. The Morgan fingerprint density at radius 3 is 2.07 bits per heavy atom. The molecule has 0 atom stereocenters. The molecule has 0 spiro atoms. The quantitative estimate of drug-likeness (QED) is 0.242. The topological polar surface area (TPSA) is 52.6 Å². The molecule has 0 aliphatic heterocycles. The highest BCUT2D eigenvalue weighted by Crippen LogP contribution is 2.31. The van der Waals surface area contributed by atoms with Gasteiger partial charge in [-0.2, -0.15) is 0 Å². The van der Waals surface area contributed by atoms with E-state index < -0.39 is 11.8 Å². The number of hydrogen-bond donors (Lipinski definition) is 0. The number of rotatable bonds is 6. The third-order valence-corrected chi connectivity index (χ3v) is 4.39. The highest BCUT2D eigenvalue weighted by Gasteiger charge is 2.11. The molecule has 0 heterocycles. The second-order valence-corrected chi connectivity index (χ2v) is 6.58. The van der Waals surface area contributed by atoms with Crippen LogP contribution in [-0.4, -0.2) is 12.4 Å². The van der Waals surface area contributed by atoms with Crippen LogP contribution in [0.4, 0.5) is 4.39 Å². The monoisotopic (exact) mass is 390 g/mol. The molecule has 0 aromatic heterocycles. The summed E-state index contributed by atoms with van der Waals surface area (Å²) in [5.74, 6) is -0.478. The average molecular weight is 390 g/mol. The van der Waals surface area contributed by atoms with Crippen molar-refractivity contribution in [3.8, 4) is 33.8 Å². The first-order chi connectivity index (χ1) is 13.9. The highest BCUT2D eigenvalue weighted by molar-refractivity contribution is 5.88. The molecule has 29 heavy (non-hydrogen) atoms. The molecule has 0 radical (unpaired) electrons. The van der Waals surface area contributed by atoms with E-state index in [9.17, 15) is 14.0 Å². The summed E-state index contributed by atoms with van der Waals surface area (Å²) in [6, 6.07) is 17.1. The molecule has 0 bridgehead atoms. The molecule has 0 aliphatic rings. The minimum absolute atomic E-state index is 0.129. The van der Waals surface area contributed by atoms with Crippen molar-refractivity contribution in [2.24, 2.45) is 0 Å². The minimum atomic E-state index is -0.596. The van der Waals surface area contributed by atoms with Crippen molar-refractivity contribution in [1.82, 2.24) is 0 Å². The highest BCUT2D eigenvalue weighted by atomic mass is 19.1. The summed E-state index contributed by atoms with van der Waals surface area (Å²) < 4.78 is 24.4. The number of carbonyl (C=O) groups is 2. The lowest BCUT2D eigenvalue weighted by Gasteiger charge is -2.10. The summed E-state index contributed by atoms with van der Waals surface area (Å²) >= 11 is 0. The smallest absolute Gasteiger partial charge is 0.338 e. The summed E-state index contributed by atoms with van der Waals surface area (Å²) in [6.07, 6.45) is 0. The molecule has 0 saturated heterocycles. The van der Waals surface area contributed by atoms with E-state index in [4.69, 9.17) is 9.47 Å². The van der Waals surface area contributed by atoms with Crippen LogP contribution in [0.15, 0.2) is 72.8 Å². The summed E-state index contributed by atoms with van der Waals surface area (Å²) in [4.78, 5) is 22.0. The van der Waals surface area contributed by atoms with E-state index in [0.717, 1.165) is 16.7 Å². The molecule has 0 fully saturated rings. The molecule has 3 rings (SSSR count). The molecule has 0 amide bonds. The maximum Gasteiger partial charge on any atom is 0.338 e. The average Bonchev–Trinajstić information content (AvgIpc) is 2.69. The van der Waals surface area contributed by atoms with Crippen molar-refractivity contribution >= 4 is 12.4 Å². The van der Waals surface area contributed by atoms with E-state index in [1.165, 1.54) is 13.0 Å². The summed E-state index contributed by atoms with van der Waals surface area (Å²) in [7, 11) is 0. The summed E-state index contributed by atoms with van der Waals surface area (Å²) in [5.41, 5.74) is 4.23. The van der Waals surface area contributed by atoms with Gasteiger partial charge < -0.3 is 9.47 Å². The summed E-state index contributed by atoms with van der Waals surface area (Å²) in [5, 5.41) is 0. The van der Waals surface area contributed by atoms with Crippen molar-refractivity contribution in [1.29, 1.82) is 0 Å². The maximum absolute atomic E-state index is 14.5. The third-order valence-electron chi connectivity index (χ3n) is 4.39. The Morgan fingerprint density at radius 1 is 0.931 bits per heavy atom. The van der Waals surface area contributed by atoms with Crippen molar-refractivity contribution in [3.63, 3.8) is 0 Å². The van der Waals surface area contributed by atoms with Gasteiger partial charge in [-0.15, -0.1) is 0 Å². The normalized spacial score (nSPS) is 10.3. The van der Waals surface area contributed by atoms with Gasteiger partial charge in [0.1, 0.15) is 17.3 Å². The lowest BCUT2D eigenvalue weighted by atomic mass is 9.97. The van der Waals surface area contributed by atoms with Crippen LogP contribution in [-0.2, 0) is 9.59 Å². The van der Waals surface area contributed by atoms with E-state index in [2.05, 4.69) is 6.58 Å². The molecule has 4 nitrogen and oxygen atoms in total. The Hall–Kier alpha value is -3.73. The van der Waals surface area contributed by atoms with Crippen LogP contribution in [0.2, 0.25) is 0 Å². The summed E-state index contributed by atoms with van der Waals surface area (Å²) in [6.45, 7) is 7.34. The van der Waals surface area contributed by atoms with E-state index in [1.807, 2.05) is 37.3 Å². The predicted octanol–water partition coefficient (Wildman–Crippen LogP) is 5.48. The van der Waals surface area contributed by atoms with E-state index in [0.29, 0.717) is 23.3 Å². The number of ether oxygens (including phenoxy) is 2. The van der Waals surface area contributed by atoms with E-state index >= 15 is 0 Å². The largest absolute Gasteiger partial charge is 0.429 e. The molecular weight excluding hydrogens is 371 g/mol. The number of halogens is 1. The van der Waals surface area contributed by atoms with Crippen LogP contribution < -0.4 is 9.47 Å². The van der Waals surface area contributed by atoms with Crippen LogP contribution in [0.5, 0.6) is 11.5 Å². The van der Waals surface area contributed by atoms with Gasteiger partial charge >= 0.3 is 5.97 Å². The molecule has 0 unspecified atom stereocenters. The molecule has 3 aromatic rings. The van der Waals surface area contributed by atoms with Crippen LogP contribution in [0.1, 0.15) is 12.5 Å². The second kappa shape index (κ2) is 8.52. The van der Waals surface area contributed by atoms with Crippen LogP contribution in [0.25, 0.3) is 22.3 Å². The van der Waals surface area contributed by atoms with Gasteiger partial charge in [-0.3, -0.25) is 4.79 Å². The van der Waals surface area contributed by atoms with Gasteiger partial charge in [0.25, 0.3) is 6.47 Å². The SMILES string of the molecule is C=C(C)C(=O)Oc1ccc(-c2ccc(-c3ccc(OC=O)cc3C)cc2)c(F)c1. The van der Waals surface area contributed by atoms with Crippen LogP contribution in [0.3, 0.4) is 0 Å². The Balaban J connectivity index is 1.84. The lowest BCUT2D eigenvalue weighted by Crippen LogP contribution is -2.08. The van der Waals surface area contributed by atoms with Gasteiger partial charge in [0, 0.05) is 17.2 Å². The molecule has 3 aromatic carbocycles. The minimum Gasteiger partial charge on any atom is -0.429 e. The Kier molecular flexibility index (Phi) is 5.88. The van der Waals surface area contributed by atoms with Crippen molar-refractivity contribution in [2.75, 3.05) is 0 Å². The molecule has 0 N–H and O–H groups in total. The Bertz CT molecular complexity index is 1080.